The zero-order valence-corrected chi connectivity index (χ0v) is 10.6. The van der Waals surface area contributed by atoms with E-state index in [4.69, 9.17) is 17.4 Å². The number of sulfone groups is 1. The van der Waals surface area contributed by atoms with Crippen LogP contribution in [0.1, 0.15) is 0 Å². The average molecular weight is 311 g/mol. The maximum Gasteiger partial charge on any atom is 0.302 e. The van der Waals surface area contributed by atoms with Crippen molar-refractivity contribution in [3.05, 3.63) is 32.4 Å². The summed E-state index contributed by atoms with van der Waals surface area (Å²) in [5.74, 6) is 4.98. The van der Waals surface area contributed by atoms with Crippen LogP contribution in [0.3, 0.4) is 0 Å². The maximum atomic E-state index is 11.5. The van der Waals surface area contributed by atoms with Crippen molar-refractivity contribution in [2.45, 2.75) is 4.90 Å². The highest BCUT2D eigenvalue weighted by molar-refractivity contribution is 7.92. The molecule has 0 unspecified atom stereocenters. The molecule has 0 fully saturated rings. The monoisotopic (exact) mass is 310 g/mol. The second kappa shape index (κ2) is 5.34. The van der Waals surface area contributed by atoms with Crippen molar-refractivity contribution in [3.63, 3.8) is 0 Å². The molecule has 0 heterocycles. The summed E-state index contributed by atoms with van der Waals surface area (Å²) in [6.45, 7) is 0. The van der Waals surface area contributed by atoms with Crippen molar-refractivity contribution < 1.29 is 18.3 Å². The maximum absolute atomic E-state index is 11.5. The van der Waals surface area contributed by atoms with Crippen molar-refractivity contribution in [1.29, 1.82) is 0 Å². The lowest BCUT2D eigenvalue weighted by Gasteiger charge is -2.06. The zero-order chi connectivity index (χ0) is 14.8. The number of nitrogens with zero attached hydrogens (tertiary/aromatic N) is 2. The highest BCUT2D eigenvalue weighted by atomic mass is 35.5. The topological polar surface area (TPSA) is 158 Å². The number of nitrogen functional groups attached to an aromatic ring is 1. The minimum absolute atomic E-state index is 0.594. The Balaban J connectivity index is 3.74. The van der Waals surface area contributed by atoms with Crippen LogP contribution in [-0.4, -0.2) is 23.5 Å². The van der Waals surface area contributed by atoms with Crippen LogP contribution in [0, 0.1) is 20.2 Å². The first-order valence-corrected chi connectivity index (χ1v) is 6.65. The van der Waals surface area contributed by atoms with E-state index in [2.05, 4.69) is 0 Å². The number of benzene rings is 1. The number of alkyl halides is 1. The molecule has 104 valence electrons. The first-order valence-electron chi connectivity index (χ1n) is 4.46. The molecule has 10 nitrogen and oxygen atoms in total. The number of nitro groups is 2. The number of hydrazine groups is 1. The molecule has 0 atom stereocenters. The van der Waals surface area contributed by atoms with Gasteiger partial charge in [0.1, 0.15) is 5.21 Å². The Morgan fingerprint density at radius 1 is 1.21 bits per heavy atom. The van der Waals surface area contributed by atoms with Crippen molar-refractivity contribution in [1.82, 2.24) is 0 Å². The van der Waals surface area contributed by atoms with Gasteiger partial charge in [0.15, 0.2) is 9.84 Å². The second-order valence-corrected chi connectivity index (χ2v) is 5.79. The van der Waals surface area contributed by atoms with Crippen LogP contribution in [0.25, 0.3) is 0 Å². The molecule has 19 heavy (non-hydrogen) atoms. The molecule has 1 rings (SSSR count). The summed E-state index contributed by atoms with van der Waals surface area (Å²) in [6.07, 6.45) is 0. The van der Waals surface area contributed by atoms with Gasteiger partial charge in [-0.1, -0.05) is 0 Å². The molecule has 0 aliphatic heterocycles. The standard InChI is InChI=1S/C7H7ClN4O6S/c8-3-19(17,18)4-1-5(11(13)14)7(10-9)6(2-4)12(15)16/h1-2,10H,3,9H2. The van der Waals surface area contributed by atoms with Gasteiger partial charge in [0.25, 0.3) is 0 Å². The number of nitro benzene ring substituents is 2. The van der Waals surface area contributed by atoms with Gasteiger partial charge in [-0.05, 0) is 0 Å². The summed E-state index contributed by atoms with van der Waals surface area (Å²) in [7, 11) is -4.05. The number of nitrogens with two attached hydrogens (primary N) is 1. The Bertz CT molecular complexity index is 610. The molecule has 0 saturated heterocycles. The molecule has 1 aromatic carbocycles. The molecule has 0 amide bonds. The molecule has 3 N–H and O–H groups in total. The van der Waals surface area contributed by atoms with Gasteiger partial charge in [-0.25, -0.2) is 8.42 Å². The Hall–Kier alpha value is -1.98. The van der Waals surface area contributed by atoms with Gasteiger partial charge in [-0.15, -0.1) is 11.6 Å². The first-order chi connectivity index (χ1) is 8.74. The summed E-state index contributed by atoms with van der Waals surface area (Å²) in [5, 5.41) is 20.7. The van der Waals surface area contributed by atoms with Gasteiger partial charge in [0, 0.05) is 12.1 Å². The molecule has 1 aromatic rings. The normalized spacial score (nSPS) is 11.1. The van der Waals surface area contributed by atoms with Crippen LogP contribution < -0.4 is 11.3 Å². The smallest absolute Gasteiger partial charge is 0.302 e. The van der Waals surface area contributed by atoms with Crippen LogP contribution in [0.4, 0.5) is 17.1 Å². The van der Waals surface area contributed by atoms with Crippen LogP contribution in [-0.2, 0) is 9.84 Å². The van der Waals surface area contributed by atoms with Crippen LogP contribution >= 0.6 is 11.6 Å². The second-order valence-electron chi connectivity index (χ2n) is 3.22. The number of nitrogens with one attached hydrogen (secondary N) is 1. The summed E-state index contributed by atoms with van der Waals surface area (Å²) < 4.78 is 23.0. The Morgan fingerprint density at radius 3 is 1.89 bits per heavy atom. The van der Waals surface area contributed by atoms with Gasteiger partial charge < -0.3 is 5.43 Å². The van der Waals surface area contributed by atoms with Crippen molar-refractivity contribution in [3.8, 4) is 0 Å². The molecule has 12 heteroatoms. The van der Waals surface area contributed by atoms with E-state index in [1.54, 1.807) is 0 Å². The predicted molar refractivity (Wildman–Crippen MR) is 65.5 cm³/mol. The molecule has 0 bridgehead atoms. The third kappa shape index (κ3) is 2.89. The lowest BCUT2D eigenvalue weighted by atomic mass is 10.2. The molecular formula is C7H7ClN4O6S. The molecule has 0 aliphatic carbocycles. The van der Waals surface area contributed by atoms with Crippen molar-refractivity contribution >= 4 is 38.5 Å². The highest BCUT2D eigenvalue weighted by Gasteiger charge is 2.29. The number of hydrogen-bond donors (Lipinski definition) is 2. The van der Waals surface area contributed by atoms with Gasteiger partial charge in [0.2, 0.25) is 5.69 Å². The lowest BCUT2D eigenvalue weighted by Crippen LogP contribution is -2.13. The summed E-state index contributed by atoms with van der Waals surface area (Å²) >= 11 is 5.20. The molecule has 0 aromatic heterocycles. The number of anilines is 1. The van der Waals surface area contributed by atoms with Crippen molar-refractivity contribution in [2.24, 2.45) is 5.84 Å². The highest BCUT2D eigenvalue weighted by Crippen LogP contribution is 2.36. The van der Waals surface area contributed by atoms with Crippen LogP contribution in [0.2, 0.25) is 0 Å². The Kier molecular flexibility index (Phi) is 4.24. The van der Waals surface area contributed by atoms with E-state index < -0.39 is 46.9 Å². The minimum atomic E-state index is -4.05. The van der Waals surface area contributed by atoms with Gasteiger partial charge in [0.05, 0.1) is 14.7 Å². The van der Waals surface area contributed by atoms with E-state index in [9.17, 15) is 28.6 Å². The van der Waals surface area contributed by atoms with E-state index in [-0.39, 0.29) is 0 Å². The minimum Gasteiger partial charge on any atom is -0.313 e. The van der Waals surface area contributed by atoms with Crippen LogP contribution in [0.15, 0.2) is 17.0 Å². The van der Waals surface area contributed by atoms with E-state index in [1.165, 1.54) is 0 Å². The third-order valence-electron chi connectivity index (χ3n) is 2.11. The number of rotatable bonds is 5. The average Bonchev–Trinajstić information content (AvgIpc) is 2.36. The van der Waals surface area contributed by atoms with E-state index in [1.807, 2.05) is 5.43 Å². The van der Waals surface area contributed by atoms with Gasteiger partial charge >= 0.3 is 11.4 Å². The molecular weight excluding hydrogens is 304 g/mol. The summed E-state index contributed by atoms with van der Waals surface area (Å²) in [5.41, 5.74) is -0.448. The SMILES string of the molecule is NNc1c([N+](=O)[O-])cc(S(=O)(=O)CCl)cc1[N+](=O)[O-]. The van der Waals surface area contributed by atoms with Crippen LogP contribution in [0.5, 0.6) is 0 Å². The van der Waals surface area contributed by atoms with E-state index in [0.29, 0.717) is 12.1 Å². The van der Waals surface area contributed by atoms with Gasteiger partial charge in [-0.3, -0.25) is 26.1 Å². The zero-order valence-electron chi connectivity index (χ0n) is 9.07. The Labute approximate surface area is 111 Å². The molecule has 0 spiro atoms. The first kappa shape index (κ1) is 15.1. The number of hydrogen-bond acceptors (Lipinski definition) is 8. The summed E-state index contributed by atoms with van der Waals surface area (Å²) in [6, 6.07) is 1.31. The fraction of sp³-hybridized carbons (Fsp3) is 0.143. The van der Waals surface area contributed by atoms with Crippen molar-refractivity contribution in [2.75, 3.05) is 10.6 Å². The van der Waals surface area contributed by atoms with E-state index in [0.717, 1.165) is 0 Å². The molecule has 0 radical (unpaired) electrons. The Morgan fingerprint density at radius 2 is 1.63 bits per heavy atom. The number of halogens is 1. The van der Waals surface area contributed by atoms with Gasteiger partial charge in [-0.2, -0.15) is 0 Å². The fourth-order valence-corrected chi connectivity index (χ4v) is 2.35. The largest absolute Gasteiger partial charge is 0.313 e. The predicted octanol–water partition coefficient (Wildman–Crippen LogP) is 0.759. The van der Waals surface area contributed by atoms with E-state index >= 15 is 0 Å². The molecule has 0 aliphatic rings. The lowest BCUT2D eigenvalue weighted by molar-refractivity contribution is -0.392. The summed E-state index contributed by atoms with van der Waals surface area (Å²) in [4.78, 5) is 19.0. The molecule has 0 saturated carbocycles. The third-order valence-corrected chi connectivity index (χ3v) is 4.21. The quantitative estimate of drug-likeness (QED) is 0.349. The fourth-order valence-electron chi connectivity index (χ4n) is 1.27.